The molecule has 0 unspecified atom stereocenters. The molecule has 1 aromatic heterocycles. The van der Waals surface area contributed by atoms with E-state index in [2.05, 4.69) is 0 Å². The molecular formula is C10H17NOS. The summed E-state index contributed by atoms with van der Waals surface area (Å²) >= 11 is 1.61. The Kier molecular flexibility index (Phi) is 3.47. The van der Waals surface area contributed by atoms with Crippen molar-refractivity contribution in [3.05, 3.63) is 21.9 Å². The molecule has 0 bridgehead atoms. The molecule has 0 fully saturated rings. The number of rotatable bonds is 3. The summed E-state index contributed by atoms with van der Waals surface area (Å²) in [5.74, 6) is 0.303. The number of thiophene rings is 1. The Balaban J connectivity index is 2.73. The van der Waals surface area contributed by atoms with Crippen molar-refractivity contribution in [3.8, 4) is 0 Å². The number of aryl methyl sites for hydroxylation is 1. The van der Waals surface area contributed by atoms with Crippen molar-refractivity contribution in [2.24, 2.45) is 11.7 Å². The fraction of sp³-hybridized carbons (Fsp3) is 0.600. The van der Waals surface area contributed by atoms with Gasteiger partial charge in [0.1, 0.15) is 6.10 Å². The zero-order valence-electron chi connectivity index (χ0n) is 8.32. The van der Waals surface area contributed by atoms with Crippen molar-refractivity contribution in [3.63, 3.8) is 0 Å². The van der Waals surface area contributed by atoms with Crippen LogP contribution < -0.4 is 5.73 Å². The first-order chi connectivity index (χ1) is 6.02. The summed E-state index contributed by atoms with van der Waals surface area (Å²) in [5.41, 5.74) is 5.86. The van der Waals surface area contributed by atoms with E-state index in [0.717, 1.165) is 4.88 Å². The molecule has 13 heavy (non-hydrogen) atoms. The van der Waals surface area contributed by atoms with Crippen LogP contribution in [0, 0.1) is 12.8 Å². The van der Waals surface area contributed by atoms with Crippen molar-refractivity contribution >= 4 is 11.3 Å². The molecule has 0 aliphatic carbocycles. The van der Waals surface area contributed by atoms with Gasteiger partial charge in [0.05, 0.1) is 0 Å². The number of hydrogen-bond acceptors (Lipinski definition) is 3. The smallest absolute Gasteiger partial charge is 0.103 e. The molecule has 1 heterocycles. The van der Waals surface area contributed by atoms with Crippen LogP contribution in [0.2, 0.25) is 0 Å². The third kappa shape index (κ3) is 2.53. The van der Waals surface area contributed by atoms with Crippen molar-refractivity contribution in [2.75, 3.05) is 0 Å². The maximum absolute atomic E-state index is 9.86. The molecule has 2 atom stereocenters. The Morgan fingerprint density at radius 1 is 1.38 bits per heavy atom. The lowest BCUT2D eigenvalue weighted by atomic mass is 9.99. The molecular weight excluding hydrogens is 182 g/mol. The zero-order chi connectivity index (χ0) is 10.0. The molecule has 1 rings (SSSR count). The normalized spacial score (nSPS) is 16.2. The third-order valence-electron chi connectivity index (χ3n) is 2.19. The highest BCUT2D eigenvalue weighted by atomic mass is 32.1. The zero-order valence-corrected chi connectivity index (χ0v) is 9.14. The van der Waals surface area contributed by atoms with Crippen LogP contribution in [0.3, 0.4) is 0 Å². The molecule has 0 radical (unpaired) electrons. The molecule has 0 aliphatic rings. The molecule has 0 spiro atoms. The van der Waals surface area contributed by atoms with Gasteiger partial charge >= 0.3 is 0 Å². The lowest BCUT2D eigenvalue weighted by molar-refractivity contribution is 0.129. The molecule has 0 saturated carbocycles. The van der Waals surface area contributed by atoms with E-state index in [1.165, 1.54) is 4.88 Å². The van der Waals surface area contributed by atoms with Crippen LogP contribution in [0.15, 0.2) is 12.1 Å². The van der Waals surface area contributed by atoms with Gasteiger partial charge in [-0.05, 0) is 25.0 Å². The van der Waals surface area contributed by atoms with E-state index in [0.29, 0.717) is 5.92 Å². The summed E-state index contributed by atoms with van der Waals surface area (Å²) in [6.45, 7) is 6.07. The largest absolute Gasteiger partial charge is 0.386 e. The molecule has 3 heteroatoms. The number of aliphatic hydroxyl groups is 1. The van der Waals surface area contributed by atoms with Crippen molar-refractivity contribution in [1.82, 2.24) is 0 Å². The maximum Gasteiger partial charge on any atom is 0.103 e. The van der Waals surface area contributed by atoms with Crippen molar-refractivity contribution in [1.29, 1.82) is 0 Å². The number of aliphatic hydroxyl groups excluding tert-OH is 1. The van der Waals surface area contributed by atoms with Gasteiger partial charge in [0.15, 0.2) is 0 Å². The second-order valence-corrected chi connectivity index (χ2v) is 5.03. The maximum atomic E-state index is 9.86. The van der Waals surface area contributed by atoms with Crippen LogP contribution in [-0.2, 0) is 0 Å². The number of hydrogen-bond donors (Lipinski definition) is 2. The van der Waals surface area contributed by atoms with E-state index in [9.17, 15) is 5.11 Å². The Morgan fingerprint density at radius 2 is 2.00 bits per heavy atom. The second kappa shape index (κ2) is 4.22. The molecule has 0 amide bonds. The Bertz CT molecular complexity index is 270. The van der Waals surface area contributed by atoms with Crippen molar-refractivity contribution in [2.45, 2.75) is 32.9 Å². The molecule has 74 valence electrons. The van der Waals surface area contributed by atoms with E-state index in [1.54, 1.807) is 11.3 Å². The average Bonchev–Trinajstić information content (AvgIpc) is 2.49. The highest BCUT2D eigenvalue weighted by Crippen LogP contribution is 2.26. The predicted molar refractivity (Wildman–Crippen MR) is 56.8 cm³/mol. The lowest BCUT2D eigenvalue weighted by Gasteiger charge is -2.20. The fourth-order valence-electron chi connectivity index (χ4n) is 1.17. The van der Waals surface area contributed by atoms with Gasteiger partial charge in [0.25, 0.3) is 0 Å². The molecule has 0 aromatic carbocycles. The van der Waals surface area contributed by atoms with Crippen LogP contribution in [0.5, 0.6) is 0 Å². The van der Waals surface area contributed by atoms with E-state index in [-0.39, 0.29) is 6.04 Å². The third-order valence-corrected chi connectivity index (χ3v) is 3.26. The first kappa shape index (κ1) is 10.7. The topological polar surface area (TPSA) is 46.2 Å². The van der Waals surface area contributed by atoms with Crippen molar-refractivity contribution < 1.29 is 5.11 Å². The van der Waals surface area contributed by atoms with Gasteiger partial charge in [-0.2, -0.15) is 0 Å². The van der Waals surface area contributed by atoms with Gasteiger partial charge in [-0.1, -0.05) is 13.8 Å². The van der Waals surface area contributed by atoms with Crippen LogP contribution in [0.1, 0.15) is 29.7 Å². The molecule has 0 saturated heterocycles. The molecule has 2 nitrogen and oxygen atoms in total. The van der Waals surface area contributed by atoms with E-state index >= 15 is 0 Å². The summed E-state index contributed by atoms with van der Waals surface area (Å²) < 4.78 is 0. The molecule has 1 aromatic rings. The minimum absolute atomic E-state index is 0.168. The van der Waals surface area contributed by atoms with Crippen LogP contribution in [0.25, 0.3) is 0 Å². The fourth-order valence-corrected chi connectivity index (χ4v) is 2.09. The quantitative estimate of drug-likeness (QED) is 0.783. The van der Waals surface area contributed by atoms with Crippen LogP contribution >= 0.6 is 11.3 Å². The monoisotopic (exact) mass is 199 g/mol. The van der Waals surface area contributed by atoms with Gasteiger partial charge in [-0.3, -0.25) is 0 Å². The minimum Gasteiger partial charge on any atom is -0.386 e. The summed E-state index contributed by atoms with van der Waals surface area (Å²) in [6, 6.07) is 3.79. The first-order valence-corrected chi connectivity index (χ1v) is 5.34. The van der Waals surface area contributed by atoms with E-state index in [4.69, 9.17) is 5.73 Å². The highest BCUT2D eigenvalue weighted by Gasteiger charge is 2.20. The van der Waals surface area contributed by atoms with Gasteiger partial charge in [0.2, 0.25) is 0 Å². The highest BCUT2D eigenvalue weighted by molar-refractivity contribution is 7.12. The summed E-state index contributed by atoms with van der Waals surface area (Å²) in [7, 11) is 0. The lowest BCUT2D eigenvalue weighted by Crippen LogP contribution is -2.33. The first-order valence-electron chi connectivity index (χ1n) is 4.52. The molecule has 0 aliphatic heterocycles. The number of nitrogens with two attached hydrogens (primary N) is 1. The minimum atomic E-state index is -0.515. The predicted octanol–water partition coefficient (Wildman–Crippen LogP) is 2.07. The Morgan fingerprint density at radius 3 is 2.38 bits per heavy atom. The standard InChI is InChI=1S/C10H17NOS/c1-6(2)9(11)10(12)8-5-4-7(3)13-8/h4-6,9-10,12H,11H2,1-3H3/t9-,10-/m1/s1. The van der Waals surface area contributed by atoms with E-state index in [1.807, 2.05) is 32.9 Å². The van der Waals surface area contributed by atoms with E-state index < -0.39 is 6.10 Å². The van der Waals surface area contributed by atoms with Crippen LogP contribution in [-0.4, -0.2) is 11.1 Å². The Hall–Kier alpha value is -0.380. The summed E-state index contributed by atoms with van der Waals surface area (Å²) in [5, 5.41) is 9.86. The molecule has 3 N–H and O–H groups in total. The SMILES string of the molecule is Cc1ccc([C@@H](O)[C@H](N)C(C)C)s1. The summed E-state index contributed by atoms with van der Waals surface area (Å²) in [6.07, 6.45) is -0.515. The summed E-state index contributed by atoms with van der Waals surface area (Å²) in [4.78, 5) is 2.18. The second-order valence-electron chi connectivity index (χ2n) is 3.71. The average molecular weight is 199 g/mol. The van der Waals surface area contributed by atoms with Gasteiger partial charge < -0.3 is 10.8 Å². The Labute approximate surface area is 83.4 Å². The van der Waals surface area contributed by atoms with Gasteiger partial charge in [-0.25, -0.2) is 0 Å². The van der Waals surface area contributed by atoms with Gasteiger partial charge in [-0.15, -0.1) is 11.3 Å². The van der Waals surface area contributed by atoms with Gasteiger partial charge in [0, 0.05) is 15.8 Å². The van der Waals surface area contributed by atoms with Crippen LogP contribution in [0.4, 0.5) is 0 Å².